The summed E-state index contributed by atoms with van der Waals surface area (Å²) in [5, 5.41) is 11.2. The number of rotatable bonds is 6. The normalized spacial score (nSPS) is 14.2. The zero-order chi connectivity index (χ0) is 27.8. The molecule has 38 heavy (non-hydrogen) atoms. The van der Waals surface area contributed by atoms with E-state index in [1.807, 2.05) is 0 Å². The van der Waals surface area contributed by atoms with Crippen LogP contribution in [0.15, 0.2) is 63.8 Å². The molecule has 200 valence electrons. The van der Waals surface area contributed by atoms with Crippen molar-refractivity contribution >= 4 is 28.9 Å². The molecule has 0 saturated heterocycles. The number of aryl methyl sites for hydroxylation is 1. The van der Waals surface area contributed by atoms with Crippen LogP contribution in [0.25, 0.3) is 22.4 Å². The molecule has 8 nitrogen and oxygen atoms in total. The largest absolute Gasteiger partial charge is 0.515 e. The minimum absolute atomic E-state index is 0.0235. The van der Waals surface area contributed by atoms with Gasteiger partial charge >= 0.3 is 18.1 Å². The van der Waals surface area contributed by atoms with Crippen LogP contribution in [0.5, 0.6) is 5.88 Å². The van der Waals surface area contributed by atoms with Gasteiger partial charge in [0.15, 0.2) is 11.2 Å². The first-order chi connectivity index (χ1) is 17.9. The lowest BCUT2D eigenvalue weighted by molar-refractivity contribution is -0.274. The number of hydrogen-bond donors (Lipinski definition) is 1. The first-order valence-corrected chi connectivity index (χ1v) is 11.7. The quantitative estimate of drug-likeness (QED) is 0.296. The molecule has 2 unspecified atom stereocenters. The van der Waals surface area contributed by atoms with Crippen molar-refractivity contribution in [2.24, 2.45) is 7.05 Å². The van der Waals surface area contributed by atoms with Gasteiger partial charge in [0.25, 0.3) is 0 Å². The van der Waals surface area contributed by atoms with E-state index in [1.165, 1.54) is 44.3 Å². The fraction of sp³-hybridized carbons (Fsp3) is 0.269. The van der Waals surface area contributed by atoms with Crippen LogP contribution in [0, 0.1) is 0 Å². The van der Waals surface area contributed by atoms with Crippen molar-refractivity contribution in [1.29, 1.82) is 0 Å². The third-order valence-electron chi connectivity index (χ3n) is 6.23. The maximum Gasteiger partial charge on any atom is 0.515 e. The SMILES string of the molecule is CCOC(=O)Oc1cccc(-c2ccc(C(C)C(O)(c3ccc4oc(=O)n(C)c4c3)C(F)(F)F)c(Cl)c2)n1. The number of carbonyl (C=O) groups excluding carboxylic acids is 1. The Labute approximate surface area is 219 Å². The summed E-state index contributed by atoms with van der Waals surface area (Å²) >= 11 is 6.43. The van der Waals surface area contributed by atoms with Gasteiger partial charge in [-0.05, 0) is 42.3 Å². The summed E-state index contributed by atoms with van der Waals surface area (Å²) in [4.78, 5) is 27.6. The van der Waals surface area contributed by atoms with Crippen LogP contribution in [-0.4, -0.2) is 33.6 Å². The van der Waals surface area contributed by atoms with Gasteiger partial charge in [0.1, 0.15) is 0 Å². The maximum atomic E-state index is 14.5. The Kier molecular flexibility index (Phi) is 7.26. The van der Waals surface area contributed by atoms with Crippen LogP contribution in [0.4, 0.5) is 18.0 Å². The monoisotopic (exact) mass is 550 g/mol. The number of aromatic nitrogens is 2. The predicted molar refractivity (Wildman–Crippen MR) is 132 cm³/mol. The highest BCUT2D eigenvalue weighted by molar-refractivity contribution is 6.31. The van der Waals surface area contributed by atoms with E-state index in [-0.39, 0.29) is 34.2 Å². The fourth-order valence-electron chi connectivity index (χ4n) is 4.15. The summed E-state index contributed by atoms with van der Waals surface area (Å²) in [5.41, 5.74) is -2.86. The average Bonchev–Trinajstić information content (AvgIpc) is 3.15. The van der Waals surface area contributed by atoms with E-state index in [2.05, 4.69) is 4.98 Å². The van der Waals surface area contributed by atoms with Crippen molar-refractivity contribution in [2.75, 3.05) is 6.61 Å². The van der Waals surface area contributed by atoms with Crippen molar-refractivity contribution in [2.45, 2.75) is 31.5 Å². The number of pyridine rings is 1. The van der Waals surface area contributed by atoms with E-state index >= 15 is 0 Å². The lowest BCUT2D eigenvalue weighted by atomic mass is 9.77. The molecule has 2 aromatic heterocycles. The highest BCUT2D eigenvalue weighted by atomic mass is 35.5. The number of oxazole rings is 1. The Hall–Kier alpha value is -3.83. The second kappa shape index (κ2) is 10.1. The molecule has 1 N–H and O–H groups in total. The van der Waals surface area contributed by atoms with Crippen LogP contribution < -0.4 is 10.5 Å². The lowest BCUT2D eigenvalue weighted by Crippen LogP contribution is -2.46. The topological polar surface area (TPSA) is 104 Å². The van der Waals surface area contributed by atoms with Gasteiger partial charge in [0, 0.05) is 29.6 Å². The smallest absolute Gasteiger partial charge is 0.434 e. The maximum absolute atomic E-state index is 14.5. The summed E-state index contributed by atoms with van der Waals surface area (Å²) in [6.07, 6.45) is -6.04. The van der Waals surface area contributed by atoms with E-state index in [1.54, 1.807) is 19.1 Å². The highest BCUT2D eigenvalue weighted by Gasteiger charge is 2.59. The first-order valence-electron chi connectivity index (χ1n) is 11.4. The molecule has 0 saturated carbocycles. The van der Waals surface area contributed by atoms with Gasteiger partial charge in [-0.2, -0.15) is 13.2 Å². The molecule has 0 aliphatic heterocycles. The standard InChI is InChI=1S/C26H22ClF3N2O6/c1-4-36-24(34)38-22-7-5-6-19(31-22)15-8-10-17(18(27)12-15)14(2)25(35,26(28,29)30)16-9-11-21-20(13-16)32(3)23(33)37-21/h5-14,35H,4H2,1-3H3. The number of alkyl halides is 3. The summed E-state index contributed by atoms with van der Waals surface area (Å²) in [7, 11) is 1.35. The molecular weight excluding hydrogens is 529 g/mol. The minimum atomic E-state index is -5.11. The number of halogens is 4. The third-order valence-corrected chi connectivity index (χ3v) is 6.55. The zero-order valence-corrected chi connectivity index (χ0v) is 21.1. The molecule has 0 aliphatic carbocycles. The number of fused-ring (bicyclic) bond motifs is 1. The second-order valence-electron chi connectivity index (χ2n) is 8.48. The molecule has 0 spiro atoms. The van der Waals surface area contributed by atoms with Crippen molar-refractivity contribution in [1.82, 2.24) is 9.55 Å². The number of nitrogens with zero attached hydrogens (tertiary/aromatic N) is 2. The fourth-order valence-corrected chi connectivity index (χ4v) is 4.49. The van der Waals surface area contributed by atoms with Crippen molar-refractivity contribution < 1.29 is 37.0 Å². The summed E-state index contributed by atoms with van der Waals surface area (Å²) < 4.78 is 59.1. The van der Waals surface area contributed by atoms with Crippen LogP contribution in [0.2, 0.25) is 5.02 Å². The zero-order valence-electron chi connectivity index (χ0n) is 20.4. The van der Waals surface area contributed by atoms with Gasteiger partial charge in [0.2, 0.25) is 5.88 Å². The van der Waals surface area contributed by atoms with Crippen LogP contribution in [0.3, 0.4) is 0 Å². The van der Waals surface area contributed by atoms with Gasteiger partial charge in [-0.3, -0.25) is 4.57 Å². The molecule has 4 aromatic rings. The molecule has 2 heterocycles. The number of benzene rings is 2. The van der Waals surface area contributed by atoms with Crippen molar-refractivity contribution in [3.05, 3.63) is 81.3 Å². The Morgan fingerprint density at radius 1 is 1.18 bits per heavy atom. The second-order valence-corrected chi connectivity index (χ2v) is 8.88. The highest BCUT2D eigenvalue weighted by Crippen LogP contribution is 2.50. The summed E-state index contributed by atoms with van der Waals surface area (Å²) in [6.45, 7) is 2.94. The Balaban J connectivity index is 1.72. The molecule has 0 radical (unpaired) electrons. The summed E-state index contributed by atoms with van der Waals surface area (Å²) in [5.74, 6) is -2.34. The molecule has 0 bridgehead atoms. The summed E-state index contributed by atoms with van der Waals surface area (Å²) in [6, 6.07) is 12.2. The van der Waals surface area contributed by atoms with Crippen LogP contribution >= 0.6 is 11.6 Å². The van der Waals surface area contributed by atoms with Crippen molar-refractivity contribution in [3.63, 3.8) is 0 Å². The molecule has 2 atom stereocenters. The molecular formula is C26H22ClF3N2O6. The van der Waals surface area contributed by atoms with Gasteiger partial charge < -0.3 is 19.0 Å². The average molecular weight is 551 g/mol. The van der Waals surface area contributed by atoms with E-state index in [4.69, 9.17) is 25.5 Å². The lowest BCUT2D eigenvalue weighted by Gasteiger charge is -2.37. The van der Waals surface area contributed by atoms with Gasteiger partial charge in [-0.15, -0.1) is 0 Å². The molecule has 2 aromatic carbocycles. The van der Waals surface area contributed by atoms with Crippen LogP contribution in [0.1, 0.15) is 30.9 Å². The number of aliphatic hydroxyl groups is 1. The molecule has 4 rings (SSSR count). The Bertz CT molecular complexity index is 1560. The molecule has 0 amide bonds. The van der Waals surface area contributed by atoms with E-state index in [9.17, 15) is 27.9 Å². The Morgan fingerprint density at radius 3 is 2.58 bits per heavy atom. The van der Waals surface area contributed by atoms with E-state index < -0.39 is 35.2 Å². The molecule has 12 heteroatoms. The molecule has 0 aliphatic rings. The van der Waals surface area contributed by atoms with E-state index in [0.717, 1.165) is 16.7 Å². The van der Waals surface area contributed by atoms with Crippen molar-refractivity contribution in [3.8, 4) is 17.1 Å². The number of ether oxygens (including phenoxy) is 2. The van der Waals surface area contributed by atoms with Gasteiger partial charge in [0.05, 0.1) is 17.8 Å². The van der Waals surface area contributed by atoms with Gasteiger partial charge in [-0.1, -0.05) is 42.8 Å². The van der Waals surface area contributed by atoms with Gasteiger partial charge in [-0.25, -0.2) is 14.6 Å². The Morgan fingerprint density at radius 2 is 1.92 bits per heavy atom. The number of carbonyl (C=O) groups is 1. The number of hydrogen-bond acceptors (Lipinski definition) is 7. The first kappa shape index (κ1) is 27.2. The third kappa shape index (κ3) is 4.86. The molecule has 0 fully saturated rings. The van der Waals surface area contributed by atoms with E-state index in [0.29, 0.717) is 11.3 Å². The predicted octanol–water partition coefficient (Wildman–Crippen LogP) is 5.94. The minimum Gasteiger partial charge on any atom is -0.434 e. The van der Waals surface area contributed by atoms with Crippen LogP contribution in [-0.2, 0) is 17.4 Å².